The number of nitrogens with one attached hydrogen (secondary N) is 1. The van der Waals surface area contributed by atoms with Gasteiger partial charge in [-0.15, -0.1) is 0 Å². The average molecular weight is 424 g/mol. The van der Waals surface area contributed by atoms with Gasteiger partial charge in [-0.3, -0.25) is 5.43 Å². The molecule has 0 aliphatic heterocycles. The Labute approximate surface area is 160 Å². The van der Waals surface area contributed by atoms with Gasteiger partial charge in [0.15, 0.2) is 16.6 Å². The third-order valence-electron chi connectivity index (χ3n) is 3.00. The number of hydrogen-bond acceptors (Lipinski definition) is 5. The first-order valence-corrected chi connectivity index (χ1v) is 8.56. The molecule has 2 aromatic carbocycles. The van der Waals surface area contributed by atoms with Crippen molar-refractivity contribution in [2.24, 2.45) is 10.8 Å². The Bertz CT molecular complexity index is 738. The molecule has 0 spiro atoms. The van der Waals surface area contributed by atoms with Crippen molar-refractivity contribution >= 4 is 39.5 Å². The molecule has 2 aromatic rings. The number of methoxy groups -OCH3 is 1. The highest BCUT2D eigenvalue weighted by molar-refractivity contribution is 9.10. The standard InChI is InChI=1S/C17H18BrN3O3S/c1-22-16-10-12(11-20-21-17(19)25)2-7-15(16)24-9-8-23-14-5-3-13(18)4-6-14/h2-7,10-11H,8-9H2,1H3,(H3,19,21,25)/b20-11+. The summed E-state index contributed by atoms with van der Waals surface area (Å²) in [6.45, 7) is 0.814. The summed E-state index contributed by atoms with van der Waals surface area (Å²) in [6.07, 6.45) is 1.59. The minimum Gasteiger partial charge on any atom is -0.493 e. The van der Waals surface area contributed by atoms with Gasteiger partial charge in [-0.2, -0.15) is 5.10 Å². The minimum atomic E-state index is 0.106. The lowest BCUT2D eigenvalue weighted by molar-refractivity contribution is 0.211. The lowest BCUT2D eigenvalue weighted by Gasteiger charge is -2.12. The summed E-state index contributed by atoms with van der Waals surface area (Å²) in [6, 6.07) is 13.1. The second kappa shape index (κ2) is 9.85. The van der Waals surface area contributed by atoms with Crippen molar-refractivity contribution in [1.29, 1.82) is 0 Å². The molecule has 6 nitrogen and oxygen atoms in total. The molecule has 0 aliphatic rings. The molecule has 0 unspecified atom stereocenters. The van der Waals surface area contributed by atoms with E-state index in [1.54, 1.807) is 25.5 Å². The number of ether oxygens (including phenoxy) is 3. The Morgan fingerprint density at radius 2 is 1.88 bits per heavy atom. The van der Waals surface area contributed by atoms with E-state index >= 15 is 0 Å². The molecule has 0 bridgehead atoms. The Balaban J connectivity index is 1.87. The fourth-order valence-electron chi connectivity index (χ4n) is 1.90. The lowest BCUT2D eigenvalue weighted by Crippen LogP contribution is -2.23. The summed E-state index contributed by atoms with van der Waals surface area (Å²) in [7, 11) is 1.58. The second-order valence-corrected chi connectivity index (χ2v) is 6.15. The van der Waals surface area contributed by atoms with Crippen molar-refractivity contribution < 1.29 is 14.2 Å². The summed E-state index contributed by atoms with van der Waals surface area (Å²) in [5, 5.41) is 4.01. The lowest BCUT2D eigenvalue weighted by atomic mass is 10.2. The molecule has 0 amide bonds. The zero-order chi connectivity index (χ0) is 18.1. The summed E-state index contributed by atoms with van der Waals surface area (Å²) in [4.78, 5) is 0. The molecule has 0 radical (unpaired) electrons. The number of nitrogens with zero attached hydrogens (tertiary/aromatic N) is 1. The Kier molecular flexibility index (Phi) is 7.49. The van der Waals surface area contributed by atoms with E-state index in [0.29, 0.717) is 24.7 Å². The van der Waals surface area contributed by atoms with E-state index in [1.165, 1.54) is 0 Å². The molecular formula is C17H18BrN3O3S. The fraction of sp³-hybridized carbons (Fsp3) is 0.176. The highest BCUT2D eigenvalue weighted by Crippen LogP contribution is 2.27. The molecule has 8 heteroatoms. The van der Waals surface area contributed by atoms with Crippen LogP contribution in [0.5, 0.6) is 17.2 Å². The van der Waals surface area contributed by atoms with E-state index < -0.39 is 0 Å². The van der Waals surface area contributed by atoms with Crippen LogP contribution in [-0.2, 0) is 0 Å². The summed E-state index contributed by atoms with van der Waals surface area (Å²) in [5.41, 5.74) is 8.61. The Hall–Kier alpha value is -2.32. The van der Waals surface area contributed by atoms with Crippen LogP contribution in [-0.4, -0.2) is 31.7 Å². The van der Waals surface area contributed by atoms with Crippen molar-refractivity contribution in [2.75, 3.05) is 20.3 Å². The molecule has 2 rings (SSSR count). The number of hydrogen-bond donors (Lipinski definition) is 2. The van der Waals surface area contributed by atoms with Crippen molar-refractivity contribution in [3.63, 3.8) is 0 Å². The maximum absolute atomic E-state index is 5.71. The number of nitrogens with two attached hydrogens (primary N) is 1. The SMILES string of the molecule is COc1cc(/C=N/NC(N)=S)ccc1OCCOc1ccc(Br)cc1. The number of thiocarbonyl (C=S) groups is 1. The molecule has 0 atom stereocenters. The molecule has 0 fully saturated rings. The third kappa shape index (κ3) is 6.60. The van der Waals surface area contributed by atoms with Crippen LogP contribution in [0.1, 0.15) is 5.56 Å². The fourth-order valence-corrected chi connectivity index (χ4v) is 2.21. The van der Waals surface area contributed by atoms with Crippen molar-refractivity contribution in [3.05, 3.63) is 52.5 Å². The third-order valence-corrected chi connectivity index (χ3v) is 3.62. The second-order valence-electron chi connectivity index (χ2n) is 4.80. The predicted octanol–water partition coefficient (Wildman–Crippen LogP) is 3.08. The van der Waals surface area contributed by atoms with E-state index in [4.69, 9.17) is 19.9 Å². The maximum atomic E-state index is 5.71. The smallest absolute Gasteiger partial charge is 0.184 e. The van der Waals surface area contributed by atoms with Gasteiger partial charge in [0.25, 0.3) is 0 Å². The number of hydrazone groups is 1. The first kappa shape index (κ1) is 19.0. The van der Waals surface area contributed by atoms with Gasteiger partial charge in [0.2, 0.25) is 0 Å². The normalized spacial score (nSPS) is 10.5. The quantitative estimate of drug-likeness (QED) is 0.294. The first-order chi connectivity index (χ1) is 12.1. The topological polar surface area (TPSA) is 78.1 Å². The van der Waals surface area contributed by atoms with Crippen LogP contribution in [0.2, 0.25) is 0 Å². The Morgan fingerprint density at radius 3 is 2.56 bits per heavy atom. The number of rotatable bonds is 8. The van der Waals surface area contributed by atoms with Gasteiger partial charge in [-0.25, -0.2) is 0 Å². The van der Waals surface area contributed by atoms with Crippen LogP contribution in [0, 0.1) is 0 Å². The zero-order valence-electron chi connectivity index (χ0n) is 13.6. The predicted molar refractivity (Wildman–Crippen MR) is 106 cm³/mol. The molecule has 0 saturated carbocycles. The van der Waals surface area contributed by atoms with Crippen LogP contribution in [0.4, 0.5) is 0 Å². The van der Waals surface area contributed by atoms with Gasteiger partial charge < -0.3 is 19.9 Å². The molecule has 0 aromatic heterocycles. The molecule has 0 aliphatic carbocycles. The van der Waals surface area contributed by atoms with E-state index in [0.717, 1.165) is 15.8 Å². The van der Waals surface area contributed by atoms with Crippen molar-refractivity contribution in [1.82, 2.24) is 5.43 Å². The van der Waals surface area contributed by atoms with Crippen LogP contribution in [0.3, 0.4) is 0 Å². The van der Waals surface area contributed by atoms with Gasteiger partial charge in [0.05, 0.1) is 13.3 Å². The number of halogens is 1. The average Bonchev–Trinajstić information content (AvgIpc) is 2.60. The first-order valence-electron chi connectivity index (χ1n) is 7.36. The van der Waals surface area contributed by atoms with Gasteiger partial charge in [-0.1, -0.05) is 15.9 Å². The van der Waals surface area contributed by atoms with Crippen LogP contribution in [0.25, 0.3) is 0 Å². The van der Waals surface area contributed by atoms with E-state index in [9.17, 15) is 0 Å². The number of benzene rings is 2. The van der Waals surface area contributed by atoms with Crippen molar-refractivity contribution in [2.45, 2.75) is 0 Å². The summed E-state index contributed by atoms with van der Waals surface area (Å²) >= 11 is 8.06. The molecule has 132 valence electrons. The van der Waals surface area contributed by atoms with E-state index in [2.05, 4.69) is 38.7 Å². The van der Waals surface area contributed by atoms with Crippen molar-refractivity contribution in [3.8, 4) is 17.2 Å². The molecule has 25 heavy (non-hydrogen) atoms. The van der Waals surface area contributed by atoms with Gasteiger partial charge in [-0.05, 0) is 60.2 Å². The highest BCUT2D eigenvalue weighted by atomic mass is 79.9. The molecule has 0 heterocycles. The van der Waals surface area contributed by atoms with E-state index in [1.807, 2.05) is 30.3 Å². The minimum absolute atomic E-state index is 0.106. The maximum Gasteiger partial charge on any atom is 0.184 e. The van der Waals surface area contributed by atoms with Gasteiger partial charge in [0.1, 0.15) is 19.0 Å². The monoisotopic (exact) mass is 423 g/mol. The molecule has 0 saturated heterocycles. The zero-order valence-corrected chi connectivity index (χ0v) is 16.0. The summed E-state index contributed by atoms with van der Waals surface area (Å²) < 4.78 is 17.7. The van der Waals surface area contributed by atoms with Gasteiger partial charge in [0, 0.05) is 4.47 Å². The highest BCUT2D eigenvalue weighted by Gasteiger charge is 2.05. The van der Waals surface area contributed by atoms with Crippen LogP contribution < -0.4 is 25.4 Å². The van der Waals surface area contributed by atoms with Crippen LogP contribution in [0.15, 0.2) is 52.0 Å². The largest absolute Gasteiger partial charge is 0.493 e. The van der Waals surface area contributed by atoms with Crippen LogP contribution >= 0.6 is 28.1 Å². The summed E-state index contributed by atoms with van der Waals surface area (Å²) in [5.74, 6) is 2.01. The Morgan fingerprint density at radius 1 is 1.16 bits per heavy atom. The van der Waals surface area contributed by atoms with Gasteiger partial charge >= 0.3 is 0 Å². The van der Waals surface area contributed by atoms with E-state index in [-0.39, 0.29) is 5.11 Å². The molecular weight excluding hydrogens is 406 g/mol. The molecule has 3 N–H and O–H groups in total.